The minimum Gasteiger partial charge on any atom is -0.494 e. The van der Waals surface area contributed by atoms with Gasteiger partial charge >= 0.3 is 0 Å². The lowest BCUT2D eigenvalue weighted by Crippen LogP contribution is -2.32. The number of halogens is 1. The van der Waals surface area contributed by atoms with E-state index in [9.17, 15) is 9.50 Å². The molecule has 4 nitrogen and oxygen atoms in total. The molecule has 0 radical (unpaired) electrons. The van der Waals surface area contributed by atoms with Crippen molar-refractivity contribution in [3.8, 4) is 5.75 Å². The number of aliphatic hydroxyl groups is 1. The maximum absolute atomic E-state index is 14.2. The summed E-state index contributed by atoms with van der Waals surface area (Å²) in [6.07, 6.45) is 0.998. The highest BCUT2D eigenvalue weighted by Gasteiger charge is 2.30. The lowest BCUT2D eigenvalue weighted by Gasteiger charge is -2.29. The summed E-state index contributed by atoms with van der Waals surface area (Å²) >= 11 is 0. The average molecular weight is 382 g/mol. The number of nitrogens with zero attached hydrogens (tertiary/aromatic N) is 2. The first-order chi connectivity index (χ1) is 13.3. The molecule has 1 atom stereocenters. The molecule has 0 fully saturated rings. The predicted octanol–water partition coefficient (Wildman–Crippen LogP) is 3.99. The third-order valence-electron chi connectivity index (χ3n) is 5.85. The number of aromatic nitrogens is 1. The van der Waals surface area contributed by atoms with Crippen LogP contribution < -0.4 is 4.74 Å². The van der Waals surface area contributed by atoms with Gasteiger partial charge in [0.15, 0.2) is 11.6 Å². The summed E-state index contributed by atoms with van der Waals surface area (Å²) in [5.74, 6) is -0.282. The highest BCUT2D eigenvalue weighted by molar-refractivity contribution is 5.86. The molecule has 1 aromatic heterocycles. The number of methoxy groups -OCH3 is 1. The van der Waals surface area contributed by atoms with E-state index in [0.29, 0.717) is 12.1 Å². The highest BCUT2D eigenvalue weighted by atomic mass is 19.1. The van der Waals surface area contributed by atoms with Crippen LogP contribution in [-0.2, 0) is 25.1 Å². The first kappa shape index (κ1) is 19.0. The summed E-state index contributed by atoms with van der Waals surface area (Å²) in [5.41, 5.74) is 4.29. The van der Waals surface area contributed by atoms with Crippen LogP contribution in [0.3, 0.4) is 0 Å². The monoisotopic (exact) mass is 382 g/mol. The molecule has 0 bridgehead atoms. The first-order valence-electron chi connectivity index (χ1n) is 9.65. The van der Waals surface area contributed by atoms with E-state index in [4.69, 9.17) is 4.74 Å². The molecule has 5 heteroatoms. The van der Waals surface area contributed by atoms with Crippen LogP contribution in [0.2, 0.25) is 0 Å². The zero-order valence-corrected chi connectivity index (χ0v) is 16.9. The van der Waals surface area contributed by atoms with Gasteiger partial charge in [-0.25, -0.2) is 4.39 Å². The summed E-state index contributed by atoms with van der Waals surface area (Å²) in [5, 5.41) is 12.5. The van der Waals surface area contributed by atoms with Crippen LogP contribution in [0.25, 0.3) is 10.9 Å². The number of aryl methyl sites for hydroxylation is 1. The van der Waals surface area contributed by atoms with Crippen LogP contribution in [0.15, 0.2) is 36.4 Å². The molecule has 1 N–H and O–H groups in total. The van der Waals surface area contributed by atoms with Crippen LogP contribution in [-0.4, -0.2) is 35.3 Å². The van der Waals surface area contributed by atoms with Crippen molar-refractivity contribution in [1.29, 1.82) is 0 Å². The normalized spacial score (nSPS) is 16.8. The van der Waals surface area contributed by atoms with Gasteiger partial charge < -0.3 is 19.3 Å². The average Bonchev–Trinajstić information content (AvgIpc) is 2.93. The molecule has 1 aliphatic rings. The number of benzene rings is 2. The van der Waals surface area contributed by atoms with Crippen molar-refractivity contribution in [2.24, 2.45) is 0 Å². The van der Waals surface area contributed by atoms with Crippen molar-refractivity contribution >= 4 is 10.9 Å². The molecular formula is C23H27FN2O2. The fourth-order valence-electron chi connectivity index (χ4n) is 4.27. The minimum atomic E-state index is -1.21. The molecule has 1 unspecified atom stereocenters. The summed E-state index contributed by atoms with van der Waals surface area (Å²) in [6.45, 7) is 6.08. The topological polar surface area (TPSA) is 37.6 Å². The Morgan fingerprint density at radius 1 is 1.21 bits per heavy atom. The summed E-state index contributed by atoms with van der Waals surface area (Å²) in [7, 11) is 3.56. The maximum Gasteiger partial charge on any atom is 0.165 e. The van der Waals surface area contributed by atoms with Crippen molar-refractivity contribution in [3.63, 3.8) is 0 Å². The molecular weight excluding hydrogens is 355 g/mol. The molecule has 3 aromatic rings. The van der Waals surface area contributed by atoms with E-state index in [1.165, 1.54) is 35.4 Å². The van der Waals surface area contributed by atoms with Crippen molar-refractivity contribution in [2.75, 3.05) is 20.7 Å². The van der Waals surface area contributed by atoms with E-state index in [0.717, 1.165) is 25.0 Å². The first-order valence-corrected chi connectivity index (χ1v) is 9.65. The Hall–Kier alpha value is -2.37. The van der Waals surface area contributed by atoms with E-state index in [1.54, 1.807) is 19.1 Å². The van der Waals surface area contributed by atoms with Crippen LogP contribution >= 0.6 is 0 Å². The van der Waals surface area contributed by atoms with E-state index >= 15 is 0 Å². The largest absolute Gasteiger partial charge is 0.494 e. The summed E-state index contributed by atoms with van der Waals surface area (Å²) in [4.78, 5) is 2.30. The second-order valence-corrected chi connectivity index (χ2v) is 8.14. The Kier molecular flexibility index (Phi) is 4.68. The zero-order chi connectivity index (χ0) is 20.1. The van der Waals surface area contributed by atoms with Gasteiger partial charge in [0.25, 0.3) is 0 Å². The summed E-state index contributed by atoms with van der Waals surface area (Å²) < 4.78 is 21.4. The van der Waals surface area contributed by atoms with Gasteiger partial charge in [-0.3, -0.25) is 0 Å². The van der Waals surface area contributed by atoms with E-state index < -0.39 is 11.4 Å². The van der Waals surface area contributed by atoms with E-state index in [-0.39, 0.29) is 5.75 Å². The van der Waals surface area contributed by atoms with Crippen LogP contribution in [0, 0.1) is 12.7 Å². The molecule has 0 saturated carbocycles. The molecule has 148 valence electrons. The van der Waals surface area contributed by atoms with Gasteiger partial charge in [-0.2, -0.15) is 0 Å². The number of hydrogen-bond donors (Lipinski definition) is 1. The number of likely N-dealkylation sites (N-methyl/N-ethyl adjacent to an activating group) is 1. The van der Waals surface area contributed by atoms with E-state index in [1.807, 2.05) is 0 Å². The van der Waals surface area contributed by atoms with Gasteiger partial charge in [-0.15, -0.1) is 0 Å². The Labute approximate surface area is 165 Å². The zero-order valence-electron chi connectivity index (χ0n) is 16.9. The lowest BCUT2D eigenvalue weighted by molar-refractivity contribution is 0.0377. The molecule has 0 saturated heterocycles. The third-order valence-corrected chi connectivity index (χ3v) is 5.85. The van der Waals surface area contributed by atoms with Gasteiger partial charge in [0.2, 0.25) is 0 Å². The maximum atomic E-state index is 14.2. The predicted molar refractivity (Wildman–Crippen MR) is 109 cm³/mol. The Balaban J connectivity index is 1.81. The van der Waals surface area contributed by atoms with Crippen LogP contribution in [0.4, 0.5) is 4.39 Å². The molecule has 1 aliphatic heterocycles. The molecule has 0 amide bonds. The second-order valence-electron chi connectivity index (χ2n) is 8.14. The molecule has 4 rings (SSSR count). The van der Waals surface area contributed by atoms with Crippen molar-refractivity contribution in [2.45, 2.75) is 39.0 Å². The van der Waals surface area contributed by atoms with Gasteiger partial charge in [0, 0.05) is 29.7 Å². The SMILES string of the molecule is COc1ccc(C(C)(O)Cn2c3c(c4cc(C)ccc42)CCN(C)C3)cc1F. The molecule has 0 spiro atoms. The Morgan fingerprint density at radius 2 is 2.00 bits per heavy atom. The number of rotatable bonds is 4. The van der Waals surface area contributed by atoms with Crippen molar-refractivity contribution in [1.82, 2.24) is 9.47 Å². The minimum absolute atomic E-state index is 0.181. The second kappa shape index (κ2) is 6.90. The van der Waals surface area contributed by atoms with E-state index in [2.05, 4.69) is 41.6 Å². The lowest BCUT2D eigenvalue weighted by atomic mass is 9.95. The fourth-order valence-corrected chi connectivity index (χ4v) is 4.27. The Morgan fingerprint density at radius 3 is 2.71 bits per heavy atom. The van der Waals surface area contributed by atoms with Crippen molar-refractivity contribution < 1.29 is 14.2 Å². The smallest absolute Gasteiger partial charge is 0.165 e. The molecule has 0 aliphatic carbocycles. The number of fused-ring (bicyclic) bond motifs is 3. The van der Waals surface area contributed by atoms with Crippen LogP contribution in [0.5, 0.6) is 5.75 Å². The number of ether oxygens (including phenoxy) is 1. The third kappa shape index (κ3) is 3.19. The summed E-state index contributed by atoms with van der Waals surface area (Å²) in [6, 6.07) is 11.1. The quantitative estimate of drug-likeness (QED) is 0.741. The molecule has 28 heavy (non-hydrogen) atoms. The van der Waals surface area contributed by atoms with Crippen molar-refractivity contribution in [3.05, 3.63) is 64.6 Å². The molecule has 2 heterocycles. The van der Waals surface area contributed by atoms with Gasteiger partial charge in [-0.1, -0.05) is 17.7 Å². The number of hydrogen-bond acceptors (Lipinski definition) is 3. The van der Waals surface area contributed by atoms with Crippen LogP contribution in [0.1, 0.15) is 29.3 Å². The molecule has 2 aromatic carbocycles. The highest BCUT2D eigenvalue weighted by Crippen LogP contribution is 2.35. The van der Waals surface area contributed by atoms with Gasteiger partial charge in [0.1, 0.15) is 5.60 Å². The fraction of sp³-hybridized carbons (Fsp3) is 0.391. The Bertz CT molecular complexity index is 1040. The van der Waals surface area contributed by atoms with Gasteiger partial charge in [-0.05, 0) is 62.7 Å². The standard InChI is InChI=1S/C23H27FN2O2/c1-15-5-7-20-18(11-15)17-9-10-25(3)13-21(17)26(20)14-23(2,27)16-6-8-22(28-4)19(24)12-16/h5-8,11-12,27H,9-10,13-14H2,1-4H3. The van der Waals surface area contributed by atoms with Gasteiger partial charge in [0.05, 0.1) is 13.7 Å².